The van der Waals surface area contributed by atoms with Crippen LogP contribution in [0.4, 0.5) is 0 Å². The highest BCUT2D eigenvalue weighted by molar-refractivity contribution is 5.83. The molecule has 2 aliphatic carbocycles. The molecule has 0 N–H and O–H groups in total. The molecule has 0 saturated heterocycles. The highest BCUT2D eigenvalue weighted by atomic mass is 16.1. The fraction of sp³-hybridized carbons (Fsp3) is 0.733. The molecule has 0 spiro atoms. The van der Waals surface area contributed by atoms with Gasteiger partial charge in [-0.05, 0) is 50.5 Å². The van der Waals surface area contributed by atoms with Crippen molar-refractivity contribution < 1.29 is 4.79 Å². The van der Waals surface area contributed by atoms with Crippen LogP contribution in [0.3, 0.4) is 0 Å². The number of hydrogen-bond acceptors (Lipinski definition) is 2. The summed E-state index contributed by atoms with van der Waals surface area (Å²) in [4.78, 5) is 12.2. The van der Waals surface area contributed by atoms with Crippen molar-refractivity contribution in [1.29, 1.82) is 0 Å². The Morgan fingerprint density at radius 1 is 1.44 bits per heavy atom. The molecule has 1 aromatic heterocycles. The lowest BCUT2D eigenvalue weighted by Crippen LogP contribution is -2.16. The molecule has 0 bridgehead atoms. The van der Waals surface area contributed by atoms with Gasteiger partial charge in [0.05, 0.1) is 12.1 Å². The van der Waals surface area contributed by atoms with Gasteiger partial charge in [0.2, 0.25) is 0 Å². The average molecular weight is 246 g/mol. The van der Waals surface area contributed by atoms with E-state index in [1.807, 2.05) is 16.9 Å². The van der Waals surface area contributed by atoms with Crippen LogP contribution >= 0.6 is 0 Å². The van der Waals surface area contributed by atoms with Gasteiger partial charge in [0.25, 0.3) is 0 Å². The van der Waals surface area contributed by atoms with Crippen LogP contribution in [-0.2, 0) is 11.2 Å². The molecule has 3 heteroatoms. The number of rotatable bonds is 5. The van der Waals surface area contributed by atoms with Crippen molar-refractivity contribution in [2.45, 2.75) is 52.0 Å². The first kappa shape index (κ1) is 11.9. The van der Waals surface area contributed by atoms with Gasteiger partial charge in [-0.1, -0.05) is 6.92 Å². The van der Waals surface area contributed by atoms with Crippen LogP contribution in [0.15, 0.2) is 12.3 Å². The molecular weight excluding hydrogens is 224 g/mol. The van der Waals surface area contributed by atoms with E-state index in [4.69, 9.17) is 0 Å². The normalized spacial score (nSPS) is 31.1. The lowest BCUT2D eigenvalue weighted by atomic mass is 9.95. The van der Waals surface area contributed by atoms with Gasteiger partial charge < -0.3 is 0 Å². The predicted molar refractivity (Wildman–Crippen MR) is 70.3 cm³/mol. The molecule has 0 radical (unpaired) electrons. The molecule has 3 rings (SSSR count). The van der Waals surface area contributed by atoms with Crippen molar-refractivity contribution >= 4 is 5.78 Å². The number of nitrogens with zero attached hydrogens (tertiary/aromatic N) is 2. The zero-order valence-electron chi connectivity index (χ0n) is 11.3. The Morgan fingerprint density at radius 2 is 2.17 bits per heavy atom. The lowest BCUT2D eigenvalue weighted by molar-refractivity contribution is -0.122. The van der Waals surface area contributed by atoms with E-state index in [1.165, 1.54) is 6.42 Å². The van der Waals surface area contributed by atoms with Crippen LogP contribution in [0.2, 0.25) is 0 Å². The summed E-state index contributed by atoms with van der Waals surface area (Å²) < 4.78 is 1.98. The molecule has 3 nitrogen and oxygen atoms in total. The lowest BCUT2D eigenvalue weighted by Gasteiger charge is -2.10. The van der Waals surface area contributed by atoms with E-state index in [2.05, 4.69) is 18.9 Å². The summed E-state index contributed by atoms with van der Waals surface area (Å²) in [5.41, 5.74) is 0.945. The van der Waals surface area contributed by atoms with E-state index < -0.39 is 0 Å². The minimum absolute atomic E-state index is 0.336. The standard InChI is InChI=1S/C15H22N2O/c1-3-10(2)17-5-4-14(16-17)9-15(18)13-7-11-6-12(11)8-13/h4-5,10-13H,3,6-9H2,1-2H3. The highest BCUT2D eigenvalue weighted by Gasteiger charge is 2.47. The summed E-state index contributed by atoms with van der Waals surface area (Å²) in [7, 11) is 0. The number of Topliss-reactive ketones (excluding diaryl/α,β-unsaturated/α-hetero) is 1. The van der Waals surface area contributed by atoms with Crippen molar-refractivity contribution in [3.8, 4) is 0 Å². The summed E-state index contributed by atoms with van der Waals surface area (Å²) in [6.07, 6.45) is 7.29. The third-order valence-electron chi connectivity index (χ3n) is 4.76. The van der Waals surface area contributed by atoms with Crippen molar-refractivity contribution in [1.82, 2.24) is 9.78 Å². The second kappa shape index (κ2) is 4.52. The summed E-state index contributed by atoms with van der Waals surface area (Å²) in [5.74, 6) is 2.52. The summed E-state index contributed by atoms with van der Waals surface area (Å²) in [6, 6.07) is 2.42. The highest BCUT2D eigenvalue weighted by Crippen LogP contribution is 2.54. The fourth-order valence-corrected chi connectivity index (χ4v) is 3.20. The first-order valence-electron chi connectivity index (χ1n) is 7.24. The van der Waals surface area contributed by atoms with E-state index in [0.29, 0.717) is 24.2 Å². The van der Waals surface area contributed by atoms with E-state index in [1.54, 1.807) is 0 Å². The second-order valence-corrected chi connectivity index (χ2v) is 6.11. The SMILES string of the molecule is CCC(C)n1ccc(CC(=O)C2CC3CC3C2)n1. The Hall–Kier alpha value is -1.12. The number of carbonyl (C=O) groups excluding carboxylic acids is 1. The minimum atomic E-state index is 0.336. The largest absolute Gasteiger partial charge is 0.299 e. The number of hydrogen-bond donors (Lipinski definition) is 0. The number of carbonyl (C=O) groups is 1. The molecule has 1 aromatic rings. The van der Waals surface area contributed by atoms with Crippen LogP contribution in [0.1, 0.15) is 51.3 Å². The topological polar surface area (TPSA) is 34.9 Å². The van der Waals surface area contributed by atoms with E-state index >= 15 is 0 Å². The van der Waals surface area contributed by atoms with Crippen molar-refractivity contribution in [2.24, 2.45) is 17.8 Å². The summed E-state index contributed by atoms with van der Waals surface area (Å²) in [6.45, 7) is 4.31. The Bertz CT molecular complexity index is 441. The van der Waals surface area contributed by atoms with E-state index in [0.717, 1.165) is 36.8 Å². The number of aromatic nitrogens is 2. The van der Waals surface area contributed by atoms with Gasteiger partial charge in [0.1, 0.15) is 5.78 Å². The zero-order valence-corrected chi connectivity index (χ0v) is 11.3. The van der Waals surface area contributed by atoms with E-state index in [9.17, 15) is 4.79 Å². The van der Waals surface area contributed by atoms with Crippen LogP contribution in [-0.4, -0.2) is 15.6 Å². The molecule has 3 unspecified atom stereocenters. The van der Waals surface area contributed by atoms with Gasteiger partial charge in [0.15, 0.2) is 0 Å². The maximum absolute atomic E-state index is 12.2. The van der Waals surface area contributed by atoms with E-state index in [-0.39, 0.29) is 0 Å². The Balaban J connectivity index is 1.58. The molecule has 0 aromatic carbocycles. The average Bonchev–Trinajstić information content (AvgIpc) is 2.81. The quantitative estimate of drug-likeness (QED) is 0.800. The monoisotopic (exact) mass is 246 g/mol. The van der Waals surface area contributed by atoms with Gasteiger partial charge in [-0.15, -0.1) is 0 Å². The molecule has 0 amide bonds. The Kier molecular flexibility index (Phi) is 3.00. The summed E-state index contributed by atoms with van der Waals surface area (Å²) >= 11 is 0. The Labute approximate surface area is 109 Å². The van der Waals surface area contributed by atoms with Gasteiger partial charge in [-0.2, -0.15) is 5.10 Å². The number of fused-ring (bicyclic) bond motifs is 1. The minimum Gasteiger partial charge on any atom is -0.299 e. The van der Waals surface area contributed by atoms with Crippen molar-refractivity contribution in [2.75, 3.05) is 0 Å². The molecule has 2 aliphatic rings. The number of ketones is 1. The molecule has 2 saturated carbocycles. The smallest absolute Gasteiger partial charge is 0.141 e. The molecule has 1 heterocycles. The van der Waals surface area contributed by atoms with Gasteiger partial charge in [0, 0.05) is 18.2 Å². The second-order valence-electron chi connectivity index (χ2n) is 6.11. The fourth-order valence-electron chi connectivity index (χ4n) is 3.20. The third-order valence-corrected chi connectivity index (χ3v) is 4.76. The first-order valence-corrected chi connectivity index (χ1v) is 7.24. The van der Waals surface area contributed by atoms with Gasteiger partial charge in [-0.3, -0.25) is 9.48 Å². The van der Waals surface area contributed by atoms with Crippen molar-refractivity contribution in [3.05, 3.63) is 18.0 Å². The molecule has 18 heavy (non-hydrogen) atoms. The molecule has 2 fully saturated rings. The van der Waals surface area contributed by atoms with Crippen LogP contribution in [0, 0.1) is 17.8 Å². The van der Waals surface area contributed by atoms with Crippen LogP contribution < -0.4 is 0 Å². The van der Waals surface area contributed by atoms with Crippen LogP contribution in [0.5, 0.6) is 0 Å². The van der Waals surface area contributed by atoms with Gasteiger partial charge >= 0.3 is 0 Å². The zero-order chi connectivity index (χ0) is 12.7. The first-order chi connectivity index (χ1) is 8.67. The third kappa shape index (κ3) is 2.23. The molecule has 0 aliphatic heterocycles. The Morgan fingerprint density at radius 3 is 2.83 bits per heavy atom. The maximum atomic E-state index is 12.2. The molecule has 98 valence electrons. The summed E-state index contributed by atoms with van der Waals surface area (Å²) in [5, 5.41) is 4.52. The van der Waals surface area contributed by atoms with Crippen LogP contribution in [0.25, 0.3) is 0 Å². The maximum Gasteiger partial charge on any atom is 0.141 e. The van der Waals surface area contributed by atoms with Crippen molar-refractivity contribution in [3.63, 3.8) is 0 Å². The van der Waals surface area contributed by atoms with Gasteiger partial charge in [-0.25, -0.2) is 0 Å². The molecular formula is C15H22N2O. The predicted octanol–water partition coefficient (Wildman–Crippen LogP) is 3.01. The molecule has 3 atom stereocenters.